The summed E-state index contributed by atoms with van der Waals surface area (Å²) < 4.78 is 4.75. The quantitative estimate of drug-likeness (QED) is 0.171. The van der Waals surface area contributed by atoms with Crippen molar-refractivity contribution in [3.63, 3.8) is 0 Å². The van der Waals surface area contributed by atoms with Gasteiger partial charge in [0, 0.05) is 49.4 Å². The topological polar surface area (TPSA) is 59.4 Å². The second-order valence-corrected chi connectivity index (χ2v) is 14.5. The van der Waals surface area contributed by atoms with E-state index in [2.05, 4.69) is 167 Å². The Balaban J connectivity index is 1.28. The molecule has 0 saturated carbocycles. The van der Waals surface area contributed by atoms with Crippen molar-refractivity contribution in [3.05, 3.63) is 206 Å². The van der Waals surface area contributed by atoms with Gasteiger partial charge in [0.2, 0.25) is 0 Å². The normalized spacial score (nSPS) is 11.4. The van der Waals surface area contributed by atoms with Gasteiger partial charge in [0.05, 0.1) is 56.5 Å². The molecule has 0 spiro atoms. The van der Waals surface area contributed by atoms with E-state index < -0.39 is 0 Å². The highest BCUT2D eigenvalue weighted by Gasteiger charge is 2.24. The molecule has 58 heavy (non-hydrogen) atoms. The van der Waals surface area contributed by atoms with Gasteiger partial charge in [-0.2, -0.15) is 5.26 Å². The van der Waals surface area contributed by atoms with E-state index in [1.807, 2.05) is 48.5 Å². The molecule has 5 nitrogen and oxygen atoms in total. The molecule has 0 aliphatic heterocycles. The third-order valence-corrected chi connectivity index (χ3v) is 11.2. The lowest BCUT2D eigenvalue weighted by Gasteiger charge is -2.22. The Labute approximate surface area is 335 Å². The monoisotopic (exact) mass is 739 g/mol. The first-order valence-electron chi connectivity index (χ1n) is 19.4. The first-order valence-corrected chi connectivity index (χ1v) is 19.4. The Kier molecular flexibility index (Phi) is 7.80. The summed E-state index contributed by atoms with van der Waals surface area (Å²) in [6, 6.07) is 72.0. The van der Waals surface area contributed by atoms with Crippen LogP contribution in [0.3, 0.4) is 0 Å². The molecule has 0 unspecified atom stereocenters. The van der Waals surface area contributed by atoms with Crippen LogP contribution in [-0.4, -0.2) is 19.1 Å². The lowest BCUT2D eigenvalue weighted by Crippen LogP contribution is -2.04. The summed E-state index contributed by atoms with van der Waals surface area (Å²) in [4.78, 5) is 10.5. The van der Waals surface area contributed by atoms with Gasteiger partial charge in [0.1, 0.15) is 0 Å². The third kappa shape index (κ3) is 5.31. The molecule has 0 atom stereocenters. The van der Waals surface area contributed by atoms with Crippen LogP contribution in [0, 0.1) is 11.3 Å². The molecule has 0 fully saturated rings. The fraction of sp³-hybridized carbons (Fsp3) is 0. The molecule has 11 aromatic rings. The fourth-order valence-corrected chi connectivity index (χ4v) is 8.65. The Morgan fingerprint density at radius 1 is 0.379 bits per heavy atom. The second-order valence-electron chi connectivity index (χ2n) is 14.5. The smallest absolute Gasteiger partial charge is 0.160 e. The first-order chi connectivity index (χ1) is 28.7. The molecular formula is C53H33N5. The average molecular weight is 740 g/mol. The van der Waals surface area contributed by atoms with E-state index >= 15 is 0 Å². The van der Waals surface area contributed by atoms with E-state index in [4.69, 9.17) is 9.97 Å². The van der Waals surface area contributed by atoms with Gasteiger partial charge in [-0.15, -0.1) is 0 Å². The highest BCUT2D eigenvalue weighted by Crippen LogP contribution is 2.45. The van der Waals surface area contributed by atoms with Gasteiger partial charge in [0.25, 0.3) is 0 Å². The van der Waals surface area contributed by atoms with Gasteiger partial charge >= 0.3 is 0 Å². The van der Waals surface area contributed by atoms with E-state index in [9.17, 15) is 5.26 Å². The van der Waals surface area contributed by atoms with Crippen LogP contribution in [0.4, 0.5) is 0 Å². The number of rotatable bonds is 6. The summed E-state index contributed by atoms with van der Waals surface area (Å²) in [5.74, 6) is 0.657. The van der Waals surface area contributed by atoms with E-state index in [0.29, 0.717) is 11.4 Å². The Morgan fingerprint density at radius 3 is 1.55 bits per heavy atom. The van der Waals surface area contributed by atoms with Crippen LogP contribution in [0.5, 0.6) is 0 Å². The lowest BCUT2D eigenvalue weighted by molar-refractivity contribution is 1.15. The third-order valence-electron chi connectivity index (χ3n) is 11.2. The van der Waals surface area contributed by atoms with Crippen molar-refractivity contribution >= 4 is 43.6 Å². The van der Waals surface area contributed by atoms with Crippen molar-refractivity contribution in [2.45, 2.75) is 0 Å². The van der Waals surface area contributed by atoms with E-state index in [1.54, 1.807) is 0 Å². The van der Waals surface area contributed by atoms with Crippen molar-refractivity contribution in [1.82, 2.24) is 19.1 Å². The van der Waals surface area contributed by atoms with Crippen molar-refractivity contribution in [1.29, 1.82) is 5.26 Å². The van der Waals surface area contributed by atoms with Crippen LogP contribution in [0.2, 0.25) is 0 Å². The summed E-state index contributed by atoms with van der Waals surface area (Å²) in [6.45, 7) is 0. The molecule has 0 bridgehead atoms. The van der Waals surface area contributed by atoms with Crippen LogP contribution >= 0.6 is 0 Å². The van der Waals surface area contributed by atoms with Crippen LogP contribution in [0.25, 0.3) is 100 Å². The van der Waals surface area contributed by atoms with Gasteiger partial charge in [-0.25, -0.2) is 9.97 Å². The summed E-state index contributed by atoms with van der Waals surface area (Å²) in [5.41, 5.74) is 13.7. The van der Waals surface area contributed by atoms with Crippen molar-refractivity contribution in [2.24, 2.45) is 0 Å². The SMILES string of the molecule is N#Cc1ccc2c(c1)c1ccccc1n2-c1cccc(-c2cc(-c3ccccc3)nc(-c3ccccc3)n2)c1-c1ccccc1-n1c2ccccc2c2ccccc21. The lowest BCUT2D eigenvalue weighted by atomic mass is 9.93. The van der Waals surface area contributed by atoms with E-state index in [1.165, 1.54) is 10.8 Å². The zero-order valence-electron chi connectivity index (χ0n) is 31.3. The van der Waals surface area contributed by atoms with Gasteiger partial charge in [-0.3, -0.25) is 0 Å². The molecule has 3 aromatic heterocycles. The zero-order valence-corrected chi connectivity index (χ0v) is 31.3. The average Bonchev–Trinajstić information content (AvgIpc) is 3.81. The number of aromatic nitrogens is 4. The van der Waals surface area contributed by atoms with Crippen molar-refractivity contribution in [2.75, 3.05) is 0 Å². The molecule has 0 N–H and O–H groups in total. The molecule has 270 valence electrons. The number of fused-ring (bicyclic) bond motifs is 6. The molecule has 0 saturated heterocycles. The highest BCUT2D eigenvalue weighted by atomic mass is 15.0. The van der Waals surface area contributed by atoms with Gasteiger partial charge in [-0.1, -0.05) is 146 Å². The number of para-hydroxylation sites is 4. The molecule has 0 aliphatic carbocycles. The maximum Gasteiger partial charge on any atom is 0.160 e. The highest BCUT2D eigenvalue weighted by molar-refractivity contribution is 6.12. The minimum Gasteiger partial charge on any atom is -0.309 e. The molecule has 3 heterocycles. The molecular weight excluding hydrogens is 707 g/mol. The van der Waals surface area contributed by atoms with Gasteiger partial charge < -0.3 is 9.13 Å². The number of nitriles is 1. The standard InChI is InChI=1S/C53H33N5/c54-34-35-30-31-50-43(32-35)40-22-9-13-27-48(40)58(50)51-29-15-24-41(45-33-44(36-16-3-1-4-17-36)55-53(56-45)37-18-5-2-6-19-37)52(51)42-23-10-14-28-49(42)57-46-25-11-7-20-38(46)39-21-8-12-26-47(39)57/h1-33H. The Morgan fingerprint density at radius 2 is 0.879 bits per heavy atom. The van der Waals surface area contributed by atoms with Crippen LogP contribution in [-0.2, 0) is 0 Å². The maximum absolute atomic E-state index is 9.96. The van der Waals surface area contributed by atoms with Crippen molar-refractivity contribution in [3.8, 4) is 62.5 Å². The number of hydrogen-bond acceptors (Lipinski definition) is 3. The molecule has 0 aliphatic rings. The number of nitrogens with zero attached hydrogens (tertiary/aromatic N) is 5. The zero-order chi connectivity index (χ0) is 38.6. The summed E-state index contributed by atoms with van der Waals surface area (Å²) >= 11 is 0. The number of hydrogen-bond donors (Lipinski definition) is 0. The minimum atomic E-state index is 0.629. The second kappa shape index (κ2) is 13.6. The minimum absolute atomic E-state index is 0.629. The molecule has 11 rings (SSSR count). The predicted octanol–water partition coefficient (Wildman–Crippen LogP) is 13.2. The van der Waals surface area contributed by atoms with Crippen LogP contribution < -0.4 is 0 Å². The summed E-state index contributed by atoms with van der Waals surface area (Å²) in [5, 5.41) is 14.5. The molecule has 0 amide bonds. The molecule has 8 aromatic carbocycles. The van der Waals surface area contributed by atoms with Crippen molar-refractivity contribution < 1.29 is 0 Å². The molecule has 5 heteroatoms. The van der Waals surface area contributed by atoms with E-state index in [0.717, 1.165) is 83.4 Å². The summed E-state index contributed by atoms with van der Waals surface area (Å²) in [7, 11) is 0. The largest absolute Gasteiger partial charge is 0.309 e. The maximum atomic E-state index is 9.96. The van der Waals surface area contributed by atoms with E-state index in [-0.39, 0.29) is 0 Å². The van der Waals surface area contributed by atoms with Crippen LogP contribution in [0.15, 0.2) is 200 Å². The van der Waals surface area contributed by atoms with Gasteiger partial charge in [-0.05, 0) is 54.6 Å². The number of benzene rings is 8. The molecule has 0 radical (unpaired) electrons. The Bertz CT molecular complexity index is 3290. The predicted molar refractivity (Wildman–Crippen MR) is 237 cm³/mol. The first kappa shape index (κ1) is 33.3. The summed E-state index contributed by atoms with van der Waals surface area (Å²) in [6.07, 6.45) is 0. The fourth-order valence-electron chi connectivity index (χ4n) is 8.65. The van der Waals surface area contributed by atoms with Crippen LogP contribution in [0.1, 0.15) is 5.56 Å². The van der Waals surface area contributed by atoms with Gasteiger partial charge in [0.15, 0.2) is 5.82 Å². The Hall–Kier alpha value is -8.07.